The number of hydrogen-bond acceptors (Lipinski definition) is 4. The average molecular weight is 297 g/mol. The lowest BCUT2D eigenvalue weighted by atomic mass is 9.66. The van der Waals surface area contributed by atoms with Crippen LogP contribution in [-0.2, 0) is 11.3 Å². The molecule has 1 aliphatic rings. The van der Waals surface area contributed by atoms with E-state index in [1.165, 1.54) is 0 Å². The van der Waals surface area contributed by atoms with Gasteiger partial charge in [-0.25, -0.2) is 9.78 Å². The first kappa shape index (κ1) is 14.8. The first-order valence-electron chi connectivity index (χ1n) is 6.64. The molecule has 0 aliphatic heterocycles. The molecule has 0 bridgehead atoms. The van der Waals surface area contributed by atoms with Crippen molar-refractivity contribution in [1.29, 1.82) is 0 Å². The highest BCUT2D eigenvalue weighted by atomic mass is 32.1. The number of carbonyl (C=O) groups excluding carboxylic acids is 1. The van der Waals surface area contributed by atoms with Gasteiger partial charge in [-0.3, -0.25) is 4.79 Å². The molecule has 1 aromatic heterocycles. The van der Waals surface area contributed by atoms with Crippen molar-refractivity contribution in [2.75, 3.05) is 6.54 Å². The van der Waals surface area contributed by atoms with Crippen molar-refractivity contribution in [2.45, 2.75) is 39.2 Å². The van der Waals surface area contributed by atoms with E-state index in [1.807, 2.05) is 12.3 Å². The normalized spacial score (nSPS) is 16.2. The van der Waals surface area contributed by atoms with Gasteiger partial charge in [0.15, 0.2) is 0 Å². The molecule has 1 heterocycles. The fourth-order valence-corrected chi connectivity index (χ4v) is 3.02. The number of aliphatic carboxylic acids is 1. The van der Waals surface area contributed by atoms with Gasteiger partial charge >= 0.3 is 12.0 Å². The SMILES string of the molecule is Cc1nc(CNC(=O)NCC2(CC(=O)O)CCC2)cs1. The Kier molecular flexibility index (Phi) is 4.59. The molecular weight excluding hydrogens is 278 g/mol. The maximum Gasteiger partial charge on any atom is 0.315 e. The summed E-state index contributed by atoms with van der Waals surface area (Å²) in [4.78, 5) is 26.8. The summed E-state index contributed by atoms with van der Waals surface area (Å²) in [6, 6.07) is -0.271. The summed E-state index contributed by atoms with van der Waals surface area (Å²) in [5, 5.41) is 17.3. The van der Waals surface area contributed by atoms with Crippen LogP contribution in [-0.4, -0.2) is 28.6 Å². The zero-order valence-electron chi connectivity index (χ0n) is 11.4. The van der Waals surface area contributed by atoms with Gasteiger partial charge in [0.2, 0.25) is 0 Å². The third-order valence-corrected chi connectivity index (χ3v) is 4.48. The Labute approximate surface area is 121 Å². The third kappa shape index (κ3) is 3.93. The van der Waals surface area contributed by atoms with E-state index in [-0.39, 0.29) is 17.9 Å². The molecule has 0 aromatic carbocycles. The number of aryl methyl sites for hydroxylation is 1. The van der Waals surface area contributed by atoms with Crippen LogP contribution in [0.15, 0.2) is 5.38 Å². The van der Waals surface area contributed by atoms with Gasteiger partial charge in [0.25, 0.3) is 0 Å². The number of urea groups is 1. The number of carbonyl (C=O) groups is 2. The number of thiazole rings is 1. The molecule has 0 atom stereocenters. The summed E-state index contributed by atoms with van der Waals surface area (Å²) < 4.78 is 0. The molecule has 110 valence electrons. The van der Waals surface area contributed by atoms with E-state index in [2.05, 4.69) is 15.6 Å². The Morgan fingerprint density at radius 2 is 2.20 bits per heavy atom. The van der Waals surface area contributed by atoms with Crippen LogP contribution >= 0.6 is 11.3 Å². The van der Waals surface area contributed by atoms with Crippen LogP contribution in [0, 0.1) is 12.3 Å². The minimum absolute atomic E-state index is 0.124. The Morgan fingerprint density at radius 3 is 2.70 bits per heavy atom. The van der Waals surface area contributed by atoms with Gasteiger partial charge in [-0.05, 0) is 25.2 Å². The lowest BCUT2D eigenvalue weighted by Crippen LogP contribution is -2.46. The van der Waals surface area contributed by atoms with Crippen molar-refractivity contribution < 1.29 is 14.7 Å². The summed E-state index contributed by atoms with van der Waals surface area (Å²) in [6.07, 6.45) is 2.89. The lowest BCUT2D eigenvalue weighted by Gasteiger charge is -2.40. The van der Waals surface area contributed by atoms with E-state index in [4.69, 9.17) is 5.11 Å². The van der Waals surface area contributed by atoms with Crippen LogP contribution in [0.2, 0.25) is 0 Å². The van der Waals surface area contributed by atoms with Crippen molar-refractivity contribution in [3.05, 3.63) is 16.1 Å². The van der Waals surface area contributed by atoms with E-state index in [9.17, 15) is 9.59 Å². The summed E-state index contributed by atoms with van der Waals surface area (Å²) in [5.74, 6) is -0.801. The van der Waals surface area contributed by atoms with Gasteiger partial charge < -0.3 is 15.7 Å². The monoisotopic (exact) mass is 297 g/mol. The number of amides is 2. The zero-order chi connectivity index (χ0) is 14.6. The molecule has 0 unspecified atom stereocenters. The molecule has 2 amide bonds. The van der Waals surface area contributed by atoms with Crippen LogP contribution in [0.1, 0.15) is 36.4 Å². The Bertz CT molecular complexity index is 497. The lowest BCUT2D eigenvalue weighted by molar-refractivity contribution is -0.141. The van der Waals surface area contributed by atoms with Gasteiger partial charge in [-0.2, -0.15) is 0 Å². The quantitative estimate of drug-likeness (QED) is 0.748. The maximum absolute atomic E-state index is 11.7. The first-order chi connectivity index (χ1) is 9.49. The van der Waals surface area contributed by atoms with E-state index < -0.39 is 5.97 Å². The van der Waals surface area contributed by atoms with Crippen molar-refractivity contribution >= 4 is 23.3 Å². The minimum Gasteiger partial charge on any atom is -0.481 e. The number of nitrogens with zero attached hydrogens (tertiary/aromatic N) is 1. The van der Waals surface area contributed by atoms with Gasteiger partial charge in [-0.15, -0.1) is 11.3 Å². The van der Waals surface area contributed by atoms with Crippen LogP contribution < -0.4 is 10.6 Å². The van der Waals surface area contributed by atoms with Crippen molar-refractivity contribution in [1.82, 2.24) is 15.6 Å². The van der Waals surface area contributed by atoms with E-state index in [0.717, 1.165) is 30.0 Å². The second-order valence-corrected chi connectivity index (χ2v) is 6.38. The molecule has 1 saturated carbocycles. The Balaban J connectivity index is 1.73. The molecule has 0 spiro atoms. The first-order valence-corrected chi connectivity index (χ1v) is 7.52. The number of rotatable bonds is 6. The maximum atomic E-state index is 11.7. The summed E-state index contributed by atoms with van der Waals surface area (Å²) in [7, 11) is 0. The second-order valence-electron chi connectivity index (χ2n) is 5.32. The molecule has 3 N–H and O–H groups in total. The highest BCUT2D eigenvalue weighted by Gasteiger charge is 2.39. The smallest absolute Gasteiger partial charge is 0.315 e. The van der Waals surface area contributed by atoms with Gasteiger partial charge in [-0.1, -0.05) is 6.42 Å². The fourth-order valence-electron chi connectivity index (χ4n) is 2.40. The number of nitrogens with one attached hydrogen (secondary N) is 2. The van der Waals surface area contributed by atoms with Crippen LogP contribution in [0.3, 0.4) is 0 Å². The van der Waals surface area contributed by atoms with Crippen molar-refractivity contribution in [3.63, 3.8) is 0 Å². The molecule has 1 fully saturated rings. The molecule has 1 aliphatic carbocycles. The van der Waals surface area contributed by atoms with Crippen LogP contribution in [0.5, 0.6) is 0 Å². The second kappa shape index (κ2) is 6.21. The number of carboxylic acids is 1. The summed E-state index contributed by atoms with van der Waals surface area (Å²) in [5.41, 5.74) is 0.590. The molecule has 20 heavy (non-hydrogen) atoms. The fraction of sp³-hybridized carbons (Fsp3) is 0.615. The van der Waals surface area contributed by atoms with Gasteiger partial charge in [0.05, 0.1) is 23.7 Å². The highest BCUT2D eigenvalue weighted by molar-refractivity contribution is 7.09. The van der Waals surface area contributed by atoms with Gasteiger partial charge in [0, 0.05) is 11.9 Å². The van der Waals surface area contributed by atoms with E-state index in [0.29, 0.717) is 13.1 Å². The third-order valence-electron chi connectivity index (χ3n) is 3.66. The number of aromatic nitrogens is 1. The Morgan fingerprint density at radius 1 is 1.45 bits per heavy atom. The predicted octanol–water partition coefficient (Wildman–Crippen LogP) is 1.90. The molecule has 1 aromatic rings. The topological polar surface area (TPSA) is 91.3 Å². The van der Waals surface area contributed by atoms with Crippen molar-refractivity contribution in [3.8, 4) is 0 Å². The molecular formula is C13H19N3O3S. The molecule has 0 radical (unpaired) electrons. The zero-order valence-corrected chi connectivity index (χ0v) is 12.3. The number of hydrogen-bond donors (Lipinski definition) is 3. The number of carboxylic acid groups (broad SMARTS) is 1. The van der Waals surface area contributed by atoms with Crippen LogP contribution in [0.4, 0.5) is 4.79 Å². The molecule has 0 saturated heterocycles. The molecule has 2 rings (SSSR count). The van der Waals surface area contributed by atoms with Crippen molar-refractivity contribution in [2.24, 2.45) is 5.41 Å². The average Bonchev–Trinajstić information content (AvgIpc) is 2.75. The largest absolute Gasteiger partial charge is 0.481 e. The van der Waals surface area contributed by atoms with Gasteiger partial charge in [0.1, 0.15) is 0 Å². The summed E-state index contributed by atoms with van der Waals surface area (Å²) in [6.45, 7) is 2.73. The Hall–Kier alpha value is -1.63. The predicted molar refractivity (Wildman–Crippen MR) is 75.6 cm³/mol. The van der Waals surface area contributed by atoms with E-state index >= 15 is 0 Å². The minimum atomic E-state index is -0.801. The molecule has 6 nitrogen and oxygen atoms in total. The molecule has 7 heteroatoms. The standard InChI is InChI=1S/C13H19N3O3S/c1-9-16-10(7-20-9)6-14-12(19)15-8-13(3-2-4-13)5-11(17)18/h7H,2-6,8H2,1H3,(H,17,18)(H2,14,15,19). The van der Waals surface area contributed by atoms with E-state index in [1.54, 1.807) is 11.3 Å². The summed E-state index contributed by atoms with van der Waals surface area (Å²) >= 11 is 1.55. The highest BCUT2D eigenvalue weighted by Crippen LogP contribution is 2.43. The van der Waals surface area contributed by atoms with Crippen LogP contribution in [0.25, 0.3) is 0 Å².